The van der Waals surface area contributed by atoms with Crippen molar-refractivity contribution in [1.82, 2.24) is 0 Å². The number of aliphatic carboxylic acids is 1. The van der Waals surface area contributed by atoms with Crippen LogP contribution in [0.3, 0.4) is 0 Å². The fourth-order valence-electron chi connectivity index (χ4n) is 3.40. The molecule has 3 rings (SSSR count). The summed E-state index contributed by atoms with van der Waals surface area (Å²) in [7, 11) is -4.22. The van der Waals surface area contributed by atoms with E-state index in [0.717, 1.165) is 12.1 Å². The molecular formula is C24H23F3N2O6S. The second-order valence-corrected chi connectivity index (χ2v) is 10.2. The average Bonchev–Trinajstić information content (AvgIpc) is 3.20. The fourth-order valence-corrected chi connectivity index (χ4v) is 4.53. The van der Waals surface area contributed by atoms with Crippen molar-refractivity contribution in [2.75, 3.05) is 22.8 Å². The first kappa shape index (κ1) is 27.0. The van der Waals surface area contributed by atoms with Gasteiger partial charge in [0.05, 0.1) is 16.1 Å². The number of ether oxygens (including phenoxy) is 1. The highest BCUT2D eigenvalue weighted by Crippen LogP contribution is 2.34. The largest absolute Gasteiger partial charge is 0.479 e. The lowest BCUT2D eigenvalue weighted by molar-refractivity contribution is -0.159. The minimum absolute atomic E-state index is 0.128. The molecule has 36 heavy (non-hydrogen) atoms. The van der Waals surface area contributed by atoms with Gasteiger partial charge in [0.1, 0.15) is 6.61 Å². The zero-order chi connectivity index (χ0) is 26.9. The van der Waals surface area contributed by atoms with Gasteiger partial charge in [-0.1, -0.05) is 11.8 Å². The van der Waals surface area contributed by atoms with Crippen molar-refractivity contribution in [2.24, 2.45) is 0 Å². The molecule has 12 heteroatoms. The number of hydrogen-bond acceptors (Lipinski definition) is 5. The minimum atomic E-state index is -4.70. The van der Waals surface area contributed by atoms with Crippen molar-refractivity contribution in [3.63, 3.8) is 0 Å². The van der Waals surface area contributed by atoms with Gasteiger partial charge in [-0.2, -0.15) is 13.2 Å². The summed E-state index contributed by atoms with van der Waals surface area (Å²) >= 11 is 0. The molecule has 0 atom stereocenters. The van der Waals surface area contributed by atoms with Crippen LogP contribution in [0.1, 0.15) is 37.5 Å². The third kappa shape index (κ3) is 5.98. The van der Waals surface area contributed by atoms with Crippen LogP contribution >= 0.6 is 0 Å². The molecule has 0 aliphatic carbocycles. The number of carbonyl (C=O) groups is 2. The zero-order valence-corrected chi connectivity index (χ0v) is 20.4. The van der Waals surface area contributed by atoms with Gasteiger partial charge in [0, 0.05) is 24.7 Å². The summed E-state index contributed by atoms with van der Waals surface area (Å²) in [6.45, 7) is 3.97. The van der Waals surface area contributed by atoms with Gasteiger partial charge < -0.3 is 14.7 Å². The van der Waals surface area contributed by atoms with Crippen LogP contribution in [0.4, 0.5) is 24.5 Å². The van der Waals surface area contributed by atoms with E-state index in [1.165, 1.54) is 43.9 Å². The van der Waals surface area contributed by atoms with E-state index in [2.05, 4.69) is 16.6 Å². The Kier molecular flexibility index (Phi) is 7.38. The van der Waals surface area contributed by atoms with Crippen molar-refractivity contribution < 1.29 is 41.0 Å². The Balaban J connectivity index is 1.92. The maximum Gasteiger partial charge on any atom is 0.416 e. The molecule has 1 amide bonds. The number of hydrogen-bond donors (Lipinski definition) is 2. The number of nitrogens with zero attached hydrogens (tertiary/aromatic N) is 1. The second-order valence-electron chi connectivity index (χ2n) is 8.48. The molecular weight excluding hydrogens is 501 g/mol. The summed E-state index contributed by atoms with van der Waals surface area (Å²) in [6, 6.07) is 6.60. The molecule has 2 N–H and O–H groups in total. The summed E-state index contributed by atoms with van der Waals surface area (Å²) in [4.78, 5) is 24.2. The van der Waals surface area contributed by atoms with Crippen LogP contribution in [-0.4, -0.2) is 44.2 Å². The first-order chi connectivity index (χ1) is 16.6. The highest BCUT2D eigenvalue weighted by molar-refractivity contribution is 7.92. The lowest BCUT2D eigenvalue weighted by Gasteiger charge is -2.17. The number of anilines is 2. The Hall–Kier alpha value is -3.56. The molecule has 8 nitrogen and oxygen atoms in total. The number of amides is 1. The Morgan fingerprint density at radius 2 is 1.86 bits per heavy atom. The van der Waals surface area contributed by atoms with E-state index in [4.69, 9.17) is 9.84 Å². The van der Waals surface area contributed by atoms with Gasteiger partial charge in [0.2, 0.25) is 5.91 Å². The maximum absolute atomic E-state index is 13.2. The molecule has 1 heterocycles. The third-order valence-electron chi connectivity index (χ3n) is 5.47. The highest BCUT2D eigenvalue weighted by atomic mass is 32.2. The topological polar surface area (TPSA) is 113 Å². The smallest absolute Gasteiger partial charge is 0.416 e. The number of carboxylic acids is 1. The van der Waals surface area contributed by atoms with E-state index in [-0.39, 0.29) is 22.1 Å². The quantitative estimate of drug-likeness (QED) is 0.558. The molecule has 0 saturated heterocycles. The predicted molar refractivity (Wildman–Crippen MR) is 125 cm³/mol. The second kappa shape index (κ2) is 9.83. The minimum Gasteiger partial charge on any atom is -0.479 e. The molecule has 2 aromatic carbocycles. The van der Waals surface area contributed by atoms with Gasteiger partial charge in [-0.15, -0.1) is 0 Å². The van der Waals surface area contributed by atoms with Crippen LogP contribution in [0.5, 0.6) is 0 Å². The predicted octanol–water partition coefficient (Wildman–Crippen LogP) is 3.65. The third-order valence-corrected chi connectivity index (χ3v) is 6.83. The van der Waals surface area contributed by atoms with Crippen LogP contribution in [-0.2, 0) is 36.9 Å². The van der Waals surface area contributed by atoms with Gasteiger partial charge in [0.25, 0.3) is 10.0 Å². The molecule has 1 aliphatic rings. The Morgan fingerprint density at radius 1 is 1.17 bits per heavy atom. The van der Waals surface area contributed by atoms with Crippen LogP contribution in [0, 0.1) is 11.8 Å². The van der Waals surface area contributed by atoms with E-state index in [1.54, 1.807) is 0 Å². The Bertz CT molecular complexity index is 1370. The van der Waals surface area contributed by atoms with Crippen molar-refractivity contribution in [1.29, 1.82) is 0 Å². The monoisotopic (exact) mass is 524 g/mol. The highest BCUT2D eigenvalue weighted by Gasteiger charge is 2.32. The van der Waals surface area contributed by atoms with Crippen LogP contribution in [0.25, 0.3) is 0 Å². The summed E-state index contributed by atoms with van der Waals surface area (Å²) in [5.74, 6) is 3.44. The Labute approximate surface area is 206 Å². The lowest BCUT2D eigenvalue weighted by atomic mass is 10.1. The first-order valence-corrected chi connectivity index (χ1v) is 12.1. The standard InChI is InChI=1S/C24H23F3N2O6S/c1-15(30)29-11-10-17-14-19(7-9-21(17)29)36(33,34)28-20-8-6-18(24(25,26)27)13-16(20)5-4-12-35-23(2,3)22(31)32/h6-9,13-14,28H,10-12H2,1-3H3,(H,31,32). The number of nitrogens with one attached hydrogen (secondary N) is 1. The van der Waals surface area contributed by atoms with Gasteiger partial charge in [0.15, 0.2) is 5.60 Å². The number of halogens is 3. The summed E-state index contributed by atoms with van der Waals surface area (Å²) in [6.07, 6.45) is -4.24. The van der Waals surface area contributed by atoms with Crippen molar-refractivity contribution in [3.8, 4) is 11.8 Å². The average molecular weight is 525 g/mol. The number of benzene rings is 2. The number of carbonyl (C=O) groups excluding carboxylic acids is 1. The molecule has 0 bridgehead atoms. The number of rotatable bonds is 6. The van der Waals surface area contributed by atoms with Crippen LogP contribution in [0.2, 0.25) is 0 Å². The number of carboxylic acid groups (broad SMARTS) is 1. The van der Waals surface area contributed by atoms with E-state index >= 15 is 0 Å². The van der Waals surface area contributed by atoms with Gasteiger partial charge >= 0.3 is 12.1 Å². The van der Waals surface area contributed by atoms with E-state index < -0.39 is 39.9 Å². The van der Waals surface area contributed by atoms with Crippen LogP contribution < -0.4 is 9.62 Å². The maximum atomic E-state index is 13.2. The van der Waals surface area contributed by atoms with Crippen molar-refractivity contribution >= 4 is 33.3 Å². The van der Waals surface area contributed by atoms with E-state index in [0.29, 0.717) is 30.3 Å². The molecule has 2 aromatic rings. The van der Waals surface area contributed by atoms with Gasteiger partial charge in [-0.3, -0.25) is 9.52 Å². The van der Waals surface area contributed by atoms with Crippen molar-refractivity contribution in [3.05, 3.63) is 53.1 Å². The SMILES string of the molecule is CC(=O)N1CCc2cc(S(=O)(=O)Nc3ccc(C(F)(F)F)cc3C#CCOC(C)(C)C(=O)O)ccc21. The molecule has 1 aliphatic heterocycles. The van der Waals surface area contributed by atoms with Crippen molar-refractivity contribution in [2.45, 2.75) is 43.9 Å². The molecule has 0 spiro atoms. The summed E-state index contributed by atoms with van der Waals surface area (Å²) < 4.78 is 73.2. The lowest BCUT2D eigenvalue weighted by Crippen LogP contribution is -2.34. The van der Waals surface area contributed by atoms with Crippen LogP contribution in [0.15, 0.2) is 41.3 Å². The number of sulfonamides is 1. The van der Waals surface area contributed by atoms with Gasteiger partial charge in [-0.25, -0.2) is 13.2 Å². The van der Waals surface area contributed by atoms with E-state index in [9.17, 15) is 31.2 Å². The Morgan fingerprint density at radius 3 is 2.47 bits per heavy atom. The van der Waals surface area contributed by atoms with E-state index in [1.807, 2.05) is 0 Å². The number of fused-ring (bicyclic) bond motifs is 1. The van der Waals surface area contributed by atoms with Gasteiger partial charge in [-0.05, 0) is 62.2 Å². The normalized spacial score (nSPS) is 13.6. The molecule has 0 fully saturated rings. The molecule has 192 valence electrons. The first-order valence-electron chi connectivity index (χ1n) is 10.6. The fraction of sp³-hybridized carbons (Fsp3) is 0.333. The summed E-state index contributed by atoms with van der Waals surface area (Å²) in [5.41, 5.74) is -1.82. The number of alkyl halides is 3. The molecule has 0 aromatic heterocycles. The summed E-state index contributed by atoms with van der Waals surface area (Å²) in [5, 5.41) is 9.07. The molecule has 0 radical (unpaired) electrons. The zero-order valence-electron chi connectivity index (χ0n) is 19.6. The molecule has 0 saturated carbocycles. The molecule has 0 unspecified atom stereocenters.